The quantitative estimate of drug-likeness (QED) is 0.564. The summed E-state index contributed by atoms with van der Waals surface area (Å²) in [5.74, 6) is -0.246. The van der Waals surface area contributed by atoms with E-state index in [9.17, 15) is 14.7 Å². The van der Waals surface area contributed by atoms with E-state index in [1.165, 1.54) is 13.5 Å². The van der Waals surface area contributed by atoms with Crippen LogP contribution in [-0.2, 0) is 32.2 Å². The van der Waals surface area contributed by atoms with Crippen LogP contribution in [0.25, 0.3) is 0 Å². The Morgan fingerprint density at radius 2 is 1.58 bits per heavy atom. The fourth-order valence-electron chi connectivity index (χ4n) is 4.66. The zero-order valence-electron chi connectivity index (χ0n) is 20.9. The molecule has 4 rings (SSSR count). The molecule has 0 aliphatic carbocycles. The highest BCUT2D eigenvalue weighted by Crippen LogP contribution is 2.33. The first-order chi connectivity index (χ1) is 17.6. The van der Waals surface area contributed by atoms with Crippen LogP contribution in [0.5, 0.6) is 0 Å². The van der Waals surface area contributed by atoms with Crippen molar-refractivity contribution in [3.63, 3.8) is 0 Å². The summed E-state index contributed by atoms with van der Waals surface area (Å²) in [5, 5.41) is 9.26. The van der Waals surface area contributed by atoms with E-state index < -0.39 is 6.29 Å². The van der Waals surface area contributed by atoms with Gasteiger partial charge in [0.25, 0.3) is 5.91 Å². The lowest BCUT2D eigenvalue weighted by molar-refractivity contribution is -0.156. The Kier molecular flexibility index (Phi) is 9.14. The maximum absolute atomic E-state index is 13.5. The normalized spacial score (nSPS) is 20.5. The molecule has 0 radical (unpaired) electrons. The number of carbonyl (C=O) groups is 2. The number of esters is 1. The molecule has 2 aromatic carbocycles. The Labute approximate surface area is 212 Å². The molecule has 0 unspecified atom stereocenters. The number of aliphatic hydroxyl groups excluding tert-OH is 1. The first-order valence-electron chi connectivity index (χ1n) is 12.7. The van der Waals surface area contributed by atoms with E-state index >= 15 is 0 Å². The average molecular weight is 494 g/mol. The molecule has 0 bridgehead atoms. The number of hydrogen-bond acceptors (Lipinski definition) is 6. The molecule has 7 nitrogen and oxygen atoms in total. The van der Waals surface area contributed by atoms with Crippen molar-refractivity contribution in [2.45, 2.75) is 63.9 Å². The van der Waals surface area contributed by atoms with Crippen molar-refractivity contribution >= 4 is 11.9 Å². The second kappa shape index (κ2) is 12.7. The monoisotopic (exact) mass is 493 g/mol. The number of nitrogens with zero attached hydrogens (tertiary/aromatic N) is 1. The molecule has 2 aliphatic heterocycles. The number of rotatable bonds is 7. The molecule has 2 aromatic rings. The summed E-state index contributed by atoms with van der Waals surface area (Å²) in [4.78, 5) is 27.2. The van der Waals surface area contributed by atoms with Crippen LogP contribution in [-0.4, -0.2) is 48.4 Å². The van der Waals surface area contributed by atoms with Crippen LogP contribution in [0, 0.1) is 0 Å². The Hall–Kier alpha value is -3.16. The third kappa shape index (κ3) is 6.74. The predicted octanol–water partition coefficient (Wildman–Crippen LogP) is 4.69. The van der Waals surface area contributed by atoms with Gasteiger partial charge in [0.15, 0.2) is 5.76 Å². The van der Waals surface area contributed by atoms with Gasteiger partial charge in [0.05, 0.1) is 25.9 Å². The van der Waals surface area contributed by atoms with Crippen LogP contribution in [0.15, 0.2) is 60.4 Å². The molecule has 2 aliphatic rings. The van der Waals surface area contributed by atoms with Gasteiger partial charge in [-0.15, -0.1) is 0 Å². The molecule has 7 heteroatoms. The van der Waals surface area contributed by atoms with E-state index in [4.69, 9.17) is 14.2 Å². The highest BCUT2D eigenvalue weighted by atomic mass is 16.7. The fourth-order valence-corrected chi connectivity index (χ4v) is 4.66. The number of amides is 1. The lowest BCUT2D eigenvalue weighted by Crippen LogP contribution is -2.38. The average Bonchev–Trinajstić information content (AvgIpc) is 2.91. The molecule has 1 saturated heterocycles. The number of hydrogen-bond donors (Lipinski definition) is 1. The lowest BCUT2D eigenvalue weighted by Gasteiger charge is -2.32. The molecule has 1 N–H and O–H groups in total. The van der Waals surface area contributed by atoms with Gasteiger partial charge in [-0.05, 0) is 47.7 Å². The van der Waals surface area contributed by atoms with Gasteiger partial charge in [-0.25, -0.2) is 4.79 Å². The van der Waals surface area contributed by atoms with Crippen LogP contribution >= 0.6 is 0 Å². The largest absolute Gasteiger partial charge is 0.465 e. The van der Waals surface area contributed by atoms with Gasteiger partial charge >= 0.3 is 5.97 Å². The highest BCUT2D eigenvalue weighted by molar-refractivity contribution is 5.92. The van der Waals surface area contributed by atoms with Gasteiger partial charge in [-0.3, -0.25) is 4.79 Å². The van der Waals surface area contributed by atoms with Crippen LogP contribution in [0.3, 0.4) is 0 Å². The lowest BCUT2D eigenvalue weighted by atomic mass is 9.92. The van der Waals surface area contributed by atoms with Gasteiger partial charge in [0, 0.05) is 25.4 Å². The maximum Gasteiger partial charge on any atom is 0.337 e. The third-order valence-corrected chi connectivity index (χ3v) is 6.81. The summed E-state index contributed by atoms with van der Waals surface area (Å²) in [6, 6.07) is 14.8. The van der Waals surface area contributed by atoms with Crippen molar-refractivity contribution in [2.24, 2.45) is 0 Å². The molecule has 1 amide bonds. The van der Waals surface area contributed by atoms with Crippen LogP contribution in [0.2, 0.25) is 0 Å². The zero-order valence-corrected chi connectivity index (χ0v) is 20.9. The van der Waals surface area contributed by atoms with Gasteiger partial charge in [-0.1, -0.05) is 55.7 Å². The second-order valence-electron chi connectivity index (χ2n) is 9.38. The standard InChI is InChI=1S/C29H35NO6/c1-34-29(33)24-13-11-23(12-14-24)25-17-26(28(32)30-15-5-3-2-4-6-16-30)36-27(18-25)35-20-22-9-7-21(19-31)8-10-22/h7-14,17,25,27,31H,2-6,15-16,18-20H2,1H3/t25-,27+/m1/s1. The minimum Gasteiger partial charge on any atom is -0.465 e. The summed E-state index contributed by atoms with van der Waals surface area (Å²) in [6.07, 6.45) is 7.35. The fraction of sp³-hybridized carbons (Fsp3) is 0.448. The molecule has 1 fully saturated rings. The molecular weight excluding hydrogens is 458 g/mol. The van der Waals surface area contributed by atoms with Gasteiger partial charge in [0.2, 0.25) is 6.29 Å². The predicted molar refractivity (Wildman–Crippen MR) is 135 cm³/mol. The van der Waals surface area contributed by atoms with Crippen LogP contribution < -0.4 is 0 Å². The number of aliphatic hydroxyl groups is 1. The number of carbonyl (C=O) groups excluding carboxylic acids is 2. The van der Waals surface area contributed by atoms with Crippen LogP contribution in [0.4, 0.5) is 0 Å². The molecule has 192 valence electrons. The number of benzene rings is 2. The van der Waals surface area contributed by atoms with E-state index in [2.05, 4.69) is 0 Å². The molecule has 36 heavy (non-hydrogen) atoms. The molecule has 0 aromatic heterocycles. The van der Waals surface area contributed by atoms with Crippen molar-refractivity contribution in [3.8, 4) is 0 Å². The molecule has 0 spiro atoms. The van der Waals surface area contributed by atoms with E-state index in [1.807, 2.05) is 47.4 Å². The first kappa shape index (κ1) is 25.9. The van der Waals surface area contributed by atoms with Crippen molar-refractivity contribution < 1.29 is 28.9 Å². The van der Waals surface area contributed by atoms with Crippen molar-refractivity contribution in [2.75, 3.05) is 20.2 Å². The van der Waals surface area contributed by atoms with Gasteiger partial charge in [0.1, 0.15) is 0 Å². The molecule has 2 heterocycles. The van der Waals surface area contributed by atoms with E-state index in [0.717, 1.165) is 55.5 Å². The summed E-state index contributed by atoms with van der Waals surface area (Å²) in [7, 11) is 1.36. The zero-order chi connectivity index (χ0) is 25.3. The smallest absolute Gasteiger partial charge is 0.337 e. The second-order valence-corrected chi connectivity index (χ2v) is 9.38. The first-order valence-corrected chi connectivity index (χ1v) is 12.7. The van der Waals surface area contributed by atoms with Crippen molar-refractivity contribution in [1.82, 2.24) is 4.90 Å². The maximum atomic E-state index is 13.5. The van der Waals surface area contributed by atoms with Crippen molar-refractivity contribution in [1.29, 1.82) is 0 Å². The van der Waals surface area contributed by atoms with E-state index in [-0.39, 0.29) is 24.4 Å². The van der Waals surface area contributed by atoms with E-state index in [1.54, 1.807) is 12.1 Å². The molecular formula is C29H35NO6. The van der Waals surface area contributed by atoms with Gasteiger partial charge in [-0.2, -0.15) is 0 Å². The number of methoxy groups -OCH3 is 1. The minimum absolute atomic E-state index is 0.00388. The van der Waals surface area contributed by atoms with Crippen LogP contribution in [0.1, 0.15) is 71.5 Å². The summed E-state index contributed by atoms with van der Waals surface area (Å²) < 4.78 is 17.0. The highest BCUT2D eigenvalue weighted by Gasteiger charge is 2.31. The van der Waals surface area contributed by atoms with E-state index in [0.29, 0.717) is 24.4 Å². The summed E-state index contributed by atoms with van der Waals surface area (Å²) in [6.45, 7) is 1.80. The number of likely N-dealkylation sites (tertiary alicyclic amines) is 1. The Morgan fingerprint density at radius 3 is 2.22 bits per heavy atom. The number of ether oxygens (including phenoxy) is 3. The Balaban J connectivity index is 1.52. The summed E-state index contributed by atoms with van der Waals surface area (Å²) in [5.41, 5.74) is 3.26. The SMILES string of the molecule is COC(=O)c1ccc([C@@H]2C=C(C(=O)N3CCCCCCC3)O[C@H](OCc3ccc(CO)cc3)C2)cc1. The minimum atomic E-state index is -0.591. The topological polar surface area (TPSA) is 85.3 Å². The Morgan fingerprint density at radius 1 is 0.944 bits per heavy atom. The van der Waals surface area contributed by atoms with Crippen molar-refractivity contribution in [3.05, 3.63) is 82.6 Å². The molecule has 0 saturated carbocycles. The summed E-state index contributed by atoms with van der Waals surface area (Å²) >= 11 is 0. The number of allylic oxidation sites excluding steroid dienone is 1. The molecule has 2 atom stereocenters. The van der Waals surface area contributed by atoms with Gasteiger partial charge < -0.3 is 24.2 Å². The Bertz CT molecular complexity index is 1040. The third-order valence-electron chi connectivity index (χ3n) is 6.81.